The van der Waals surface area contributed by atoms with Crippen molar-refractivity contribution in [3.8, 4) is 0 Å². The summed E-state index contributed by atoms with van der Waals surface area (Å²) in [6.07, 6.45) is 3.88. The number of carbonyl (C=O) groups excluding carboxylic acids is 2. The molecule has 3 heterocycles. The molecule has 2 saturated heterocycles. The summed E-state index contributed by atoms with van der Waals surface area (Å²) in [5.41, 5.74) is -0.0353. The number of aromatic nitrogens is 1. The molecule has 0 bridgehead atoms. The molecular weight excluding hydrogens is 492 g/mol. The molecule has 1 aromatic heterocycles. The van der Waals surface area contributed by atoms with Gasteiger partial charge in [0.2, 0.25) is 5.91 Å². The Hall–Kier alpha value is -1.75. The Labute approximate surface area is 223 Å². The summed E-state index contributed by atoms with van der Waals surface area (Å²) in [5.74, 6) is 0.683. The fourth-order valence-electron chi connectivity index (χ4n) is 7.20. The maximum absolute atomic E-state index is 13.6. The molecule has 4 aliphatic rings. The number of aliphatic hydroxyl groups excluding tert-OH is 2. The lowest BCUT2D eigenvalue weighted by Crippen LogP contribution is -2.57. The Morgan fingerprint density at radius 3 is 2.51 bits per heavy atom. The van der Waals surface area contributed by atoms with Crippen LogP contribution in [0.1, 0.15) is 69.4 Å². The molecule has 1 aromatic rings. The minimum atomic E-state index is -0.659. The lowest BCUT2D eigenvalue weighted by atomic mass is 9.47. The van der Waals surface area contributed by atoms with E-state index < -0.39 is 11.5 Å². The molecule has 9 nitrogen and oxygen atoms in total. The van der Waals surface area contributed by atoms with Gasteiger partial charge in [0.05, 0.1) is 31.6 Å². The van der Waals surface area contributed by atoms with Gasteiger partial charge in [-0.25, -0.2) is 9.78 Å². The number of anilines is 1. The molecule has 37 heavy (non-hydrogen) atoms. The summed E-state index contributed by atoms with van der Waals surface area (Å²) in [7, 11) is 0. The zero-order valence-electron chi connectivity index (χ0n) is 22.4. The molecule has 2 aliphatic carbocycles. The third-order valence-electron chi connectivity index (χ3n) is 9.92. The quantitative estimate of drug-likeness (QED) is 0.547. The first-order chi connectivity index (χ1) is 17.7. The number of thiazole rings is 1. The molecular formula is C27H42N4O5S. The van der Waals surface area contributed by atoms with Gasteiger partial charge < -0.3 is 24.7 Å². The van der Waals surface area contributed by atoms with Crippen LogP contribution in [0.15, 0.2) is 0 Å². The van der Waals surface area contributed by atoms with Crippen molar-refractivity contribution < 1.29 is 24.5 Å². The number of morpholine rings is 1. The number of hydrogen-bond acceptors (Lipinski definition) is 7. The van der Waals surface area contributed by atoms with Gasteiger partial charge in [0.1, 0.15) is 0 Å². The number of ether oxygens (including phenoxy) is 1. The van der Waals surface area contributed by atoms with Crippen LogP contribution < -0.4 is 5.32 Å². The molecule has 2 aliphatic heterocycles. The number of nitrogens with zero attached hydrogens (tertiary/aromatic N) is 3. The predicted molar refractivity (Wildman–Crippen MR) is 142 cm³/mol. The molecule has 206 valence electrons. The van der Waals surface area contributed by atoms with Gasteiger partial charge in [0.25, 0.3) is 0 Å². The van der Waals surface area contributed by atoms with E-state index in [4.69, 9.17) is 9.72 Å². The Balaban J connectivity index is 1.45. The van der Waals surface area contributed by atoms with Crippen molar-refractivity contribution in [2.75, 3.05) is 51.3 Å². The number of nitrogens with one attached hydrogen (secondary N) is 1. The molecule has 0 spiro atoms. The second-order valence-electron chi connectivity index (χ2n) is 12.2. The standard InChI is InChI=1S/C27H42N4O5S/c1-17-5-8-30(9-6-17)22(34)14-18-23-19(15-20-26(18,2)7-4-21(33)27(20,3)16-32)37-24(28-23)29-25(35)31-10-12-36-13-11-31/h17-18,20-21,32-33H,4-16H2,1-3H3,(H,28,29,35). The average Bonchev–Trinajstić information content (AvgIpc) is 3.30. The van der Waals surface area contributed by atoms with Crippen LogP contribution in [0.3, 0.4) is 0 Å². The molecule has 1 saturated carbocycles. The Kier molecular flexibility index (Phi) is 7.57. The molecule has 5 rings (SSSR count). The summed E-state index contributed by atoms with van der Waals surface area (Å²) < 4.78 is 5.37. The van der Waals surface area contributed by atoms with Crippen LogP contribution >= 0.6 is 11.3 Å². The van der Waals surface area contributed by atoms with Crippen molar-refractivity contribution in [3.05, 3.63) is 10.6 Å². The van der Waals surface area contributed by atoms with Crippen LogP contribution in [0.4, 0.5) is 9.93 Å². The molecule has 3 N–H and O–H groups in total. The average molecular weight is 535 g/mol. The molecule has 5 unspecified atom stereocenters. The minimum Gasteiger partial charge on any atom is -0.396 e. The SMILES string of the molecule is CC1CCN(C(=O)CC2c3nc(NC(=O)N4CCOCC4)sc3CC3C(C)(CO)C(O)CCC23C)CC1. The number of likely N-dealkylation sites (tertiary alicyclic amines) is 1. The van der Waals surface area contributed by atoms with Gasteiger partial charge in [-0.2, -0.15) is 0 Å². The van der Waals surface area contributed by atoms with E-state index in [1.54, 1.807) is 4.90 Å². The maximum Gasteiger partial charge on any atom is 0.323 e. The molecule has 5 atom stereocenters. The summed E-state index contributed by atoms with van der Waals surface area (Å²) >= 11 is 1.47. The van der Waals surface area contributed by atoms with Gasteiger partial charge in [-0.15, -0.1) is 11.3 Å². The van der Waals surface area contributed by atoms with E-state index in [1.165, 1.54) is 11.3 Å². The topological polar surface area (TPSA) is 115 Å². The number of aliphatic hydroxyl groups is 2. The highest BCUT2D eigenvalue weighted by Crippen LogP contribution is 2.63. The first-order valence-electron chi connectivity index (χ1n) is 13.9. The van der Waals surface area contributed by atoms with Crippen LogP contribution in [0, 0.1) is 22.7 Å². The molecule has 0 radical (unpaired) electrons. The van der Waals surface area contributed by atoms with Crippen molar-refractivity contribution in [2.45, 2.75) is 71.3 Å². The molecule has 10 heteroatoms. The van der Waals surface area contributed by atoms with Gasteiger partial charge in [0.15, 0.2) is 5.13 Å². The van der Waals surface area contributed by atoms with E-state index in [-0.39, 0.29) is 35.8 Å². The maximum atomic E-state index is 13.6. The second-order valence-corrected chi connectivity index (χ2v) is 13.2. The largest absolute Gasteiger partial charge is 0.396 e. The minimum absolute atomic E-state index is 0.00340. The fourth-order valence-corrected chi connectivity index (χ4v) is 8.26. The van der Waals surface area contributed by atoms with Crippen molar-refractivity contribution in [1.82, 2.24) is 14.8 Å². The van der Waals surface area contributed by atoms with Crippen LogP contribution in [0.5, 0.6) is 0 Å². The summed E-state index contributed by atoms with van der Waals surface area (Å²) in [6, 6.07) is -0.177. The molecule has 3 amide bonds. The number of fused-ring (bicyclic) bond motifs is 2. The number of piperidine rings is 1. The number of carbonyl (C=O) groups is 2. The van der Waals surface area contributed by atoms with Gasteiger partial charge in [-0.3, -0.25) is 10.1 Å². The van der Waals surface area contributed by atoms with Crippen LogP contribution in [0.25, 0.3) is 0 Å². The van der Waals surface area contributed by atoms with E-state index in [9.17, 15) is 19.8 Å². The molecule has 0 aromatic carbocycles. The highest BCUT2D eigenvalue weighted by atomic mass is 32.1. The molecule has 3 fully saturated rings. The van der Waals surface area contributed by atoms with Crippen molar-refractivity contribution in [3.63, 3.8) is 0 Å². The number of urea groups is 1. The zero-order valence-corrected chi connectivity index (χ0v) is 23.2. The van der Waals surface area contributed by atoms with Crippen molar-refractivity contribution in [2.24, 2.45) is 22.7 Å². The number of rotatable bonds is 4. The lowest BCUT2D eigenvalue weighted by molar-refractivity contribution is -0.147. The van der Waals surface area contributed by atoms with E-state index in [1.807, 2.05) is 11.8 Å². The van der Waals surface area contributed by atoms with Crippen molar-refractivity contribution >= 4 is 28.4 Å². The van der Waals surface area contributed by atoms with E-state index in [2.05, 4.69) is 19.2 Å². The summed E-state index contributed by atoms with van der Waals surface area (Å²) in [4.78, 5) is 36.2. The Bertz CT molecular complexity index is 1000. The van der Waals surface area contributed by atoms with Crippen LogP contribution in [-0.4, -0.2) is 89.0 Å². The number of hydrogen-bond donors (Lipinski definition) is 3. The first-order valence-corrected chi connectivity index (χ1v) is 14.7. The monoisotopic (exact) mass is 534 g/mol. The third-order valence-corrected chi connectivity index (χ3v) is 10.9. The van der Waals surface area contributed by atoms with Crippen molar-refractivity contribution in [1.29, 1.82) is 0 Å². The third kappa shape index (κ3) is 4.90. The van der Waals surface area contributed by atoms with Gasteiger partial charge in [-0.05, 0) is 49.4 Å². The highest BCUT2D eigenvalue weighted by Gasteiger charge is 2.59. The normalized spacial score (nSPS) is 34.6. The Morgan fingerprint density at radius 2 is 1.84 bits per heavy atom. The fraction of sp³-hybridized carbons (Fsp3) is 0.815. The van der Waals surface area contributed by atoms with E-state index in [0.29, 0.717) is 56.6 Å². The van der Waals surface area contributed by atoms with Gasteiger partial charge >= 0.3 is 6.03 Å². The van der Waals surface area contributed by atoms with E-state index >= 15 is 0 Å². The first kappa shape index (κ1) is 26.8. The predicted octanol–water partition coefficient (Wildman–Crippen LogP) is 3.07. The van der Waals surface area contributed by atoms with Gasteiger partial charge in [0, 0.05) is 48.8 Å². The lowest BCUT2D eigenvalue weighted by Gasteiger charge is -2.58. The van der Waals surface area contributed by atoms with Crippen LogP contribution in [-0.2, 0) is 16.0 Å². The second kappa shape index (κ2) is 10.4. The summed E-state index contributed by atoms with van der Waals surface area (Å²) in [6.45, 7) is 10.1. The number of amides is 3. The highest BCUT2D eigenvalue weighted by molar-refractivity contribution is 7.15. The zero-order chi connectivity index (χ0) is 26.4. The summed E-state index contributed by atoms with van der Waals surface area (Å²) in [5, 5.41) is 25.0. The van der Waals surface area contributed by atoms with Gasteiger partial charge in [-0.1, -0.05) is 20.8 Å². The van der Waals surface area contributed by atoms with Crippen LogP contribution in [0.2, 0.25) is 0 Å². The van der Waals surface area contributed by atoms with E-state index in [0.717, 1.165) is 42.9 Å². The Morgan fingerprint density at radius 1 is 1.14 bits per heavy atom. The smallest absolute Gasteiger partial charge is 0.323 e.